The summed E-state index contributed by atoms with van der Waals surface area (Å²) in [6.07, 6.45) is -7.92. The molecule has 1 saturated carbocycles. The van der Waals surface area contributed by atoms with Crippen molar-refractivity contribution < 1.29 is 37.0 Å². The van der Waals surface area contributed by atoms with Gasteiger partial charge in [0.05, 0.1) is 24.7 Å². The highest BCUT2D eigenvalue weighted by molar-refractivity contribution is 7.86. The summed E-state index contributed by atoms with van der Waals surface area (Å²) in [5, 5.41) is 23.2. The summed E-state index contributed by atoms with van der Waals surface area (Å²) in [6, 6.07) is 34.4. The Balaban J connectivity index is 1.47. The first-order valence-electron chi connectivity index (χ1n) is 14.1. The number of aryl methyl sites for hydroxylation is 1. The van der Waals surface area contributed by atoms with Crippen LogP contribution < -0.4 is 0 Å². The smallest absolute Gasteiger partial charge is 0.297 e. The third-order valence-electron chi connectivity index (χ3n) is 7.40. The third-order valence-corrected chi connectivity index (χ3v) is 8.72. The molecule has 226 valence electrons. The van der Waals surface area contributed by atoms with Gasteiger partial charge in [-0.25, -0.2) is 0 Å². The van der Waals surface area contributed by atoms with Crippen molar-refractivity contribution in [3.8, 4) is 0 Å². The Morgan fingerprint density at radius 1 is 0.535 bits per heavy atom. The van der Waals surface area contributed by atoms with Crippen LogP contribution in [0.2, 0.25) is 0 Å². The molecule has 0 aliphatic heterocycles. The van der Waals surface area contributed by atoms with Crippen LogP contribution in [0.15, 0.2) is 120 Å². The third kappa shape index (κ3) is 7.95. The molecular formula is C34H36O8S. The van der Waals surface area contributed by atoms with Gasteiger partial charge in [-0.3, -0.25) is 4.18 Å². The standard InChI is InChI=1S/C34H36O8S/c1-24-17-19-28(20-18-24)43(37,38)42-31-29(35)32(39-21-25-11-5-2-6-12-25)34(41-23-27-15-9-4-10-16-27)33(30(31)36)40-22-26-13-7-3-8-14-26/h2-20,29-36H,21-23H2,1H3/t29-,30+,31?,32+,33-,34?. The van der Waals surface area contributed by atoms with Gasteiger partial charge in [-0.2, -0.15) is 8.42 Å². The molecule has 0 radical (unpaired) electrons. The fraction of sp³-hybridized carbons (Fsp3) is 0.294. The number of aliphatic hydroxyl groups is 2. The molecule has 1 aliphatic rings. The van der Waals surface area contributed by atoms with Gasteiger partial charge >= 0.3 is 0 Å². The van der Waals surface area contributed by atoms with Crippen molar-refractivity contribution in [1.82, 2.24) is 0 Å². The van der Waals surface area contributed by atoms with Crippen LogP contribution in [0, 0.1) is 6.92 Å². The van der Waals surface area contributed by atoms with Crippen molar-refractivity contribution in [3.05, 3.63) is 138 Å². The van der Waals surface area contributed by atoms with Crippen LogP contribution in [0.1, 0.15) is 22.3 Å². The number of hydrogen-bond donors (Lipinski definition) is 2. The zero-order valence-electron chi connectivity index (χ0n) is 23.8. The Hall–Kier alpha value is -3.41. The molecule has 0 bridgehead atoms. The molecular weight excluding hydrogens is 568 g/mol. The fourth-order valence-electron chi connectivity index (χ4n) is 5.05. The van der Waals surface area contributed by atoms with E-state index < -0.39 is 46.7 Å². The maximum absolute atomic E-state index is 13.3. The molecule has 4 aromatic rings. The van der Waals surface area contributed by atoms with Crippen molar-refractivity contribution >= 4 is 10.1 Å². The minimum absolute atomic E-state index is 0.0940. The van der Waals surface area contributed by atoms with E-state index in [9.17, 15) is 18.6 Å². The van der Waals surface area contributed by atoms with E-state index in [1.54, 1.807) is 12.1 Å². The van der Waals surface area contributed by atoms with E-state index in [2.05, 4.69) is 0 Å². The van der Waals surface area contributed by atoms with E-state index in [0.29, 0.717) is 0 Å². The average molecular weight is 605 g/mol. The van der Waals surface area contributed by atoms with Gasteiger partial charge in [0.2, 0.25) is 0 Å². The van der Waals surface area contributed by atoms with Gasteiger partial charge in [0, 0.05) is 0 Å². The minimum Gasteiger partial charge on any atom is -0.387 e. The van der Waals surface area contributed by atoms with Crippen LogP contribution in [0.5, 0.6) is 0 Å². The van der Waals surface area contributed by atoms with E-state index >= 15 is 0 Å². The summed E-state index contributed by atoms with van der Waals surface area (Å²) in [6.45, 7) is 2.19. The average Bonchev–Trinajstić information content (AvgIpc) is 3.03. The van der Waals surface area contributed by atoms with Gasteiger partial charge in [0.25, 0.3) is 10.1 Å². The summed E-state index contributed by atoms with van der Waals surface area (Å²) in [5.74, 6) is 0. The minimum atomic E-state index is -4.37. The Morgan fingerprint density at radius 2 is 0.907 bits per heavy atom. The lowest BCUT2D eigenvalue weighted by molar-refractivity contribution is -0.258. The van der Waals surface area contributed by atoms with Gasteiger partial charge in [-0.05, 0) is 35.7 Å². The molecule has 1 fully saturated rings. The highest BCUT2D eigenvalue weighted by Crippen LogP contribution is 2.33. The number of benzene rings is 4. The molecule has 0 aromatic heterocycles. The molecule has 1 aliphatic carbocycles. The molecule has 0 saturated heterocycles. The number of hydrogen-bond acceptors (Lipinski definition) is 8. The summed E-state index contributed by atoms with van der Waals surface area (Å²) in [5.41, 5.74) is 3.43. The van der Waals surface area contributed by atoms with Crippen molar-refractivity contribution in [2.24, 2.45) is 0 Å². The molecule has 5 rings (SSSR count). The van der Waals surface area contributed by atoms with Crippen molar-refractivity contribution in [2.75, 3.05) is 0 Å². The van der Waals surface area contributed by atoms with Crippen LogP contribution in [-0.4, -0.2) is 55.3 Å². The van der Waals surface area contributed by atoms with Crippen molar-refractivity contribution in [1.29, 1.82) is 0 Å². The van der Waals surface area contributed by atoms with Crippen LogP contribution >= 0.6 is 0 Å². The van der Waals surface area contributed by atoms with Gasteiger partial charge in [-0.1, -0.05) is 109 Å². The first kappa shape index (κ1) is 31.0. The predicted molar refractivity (Wildman–Crippen MR) is 160 cm³/mol. The Morgan fingerprint density at radius 3 is 1.30 bits per heavy atom. The molecule has 0 spiro atoms. The molecule has 2 N–H and O–H groups in total. The zero-order valence-corrected chi connectivity index (χ0v) is 24.6. The maximum atomic E-state index is 13.3. The highest BCUT2D eigenvalue weighted by Gasteiger charge is 2.54. The first-order valence-corrected chi connectivity index (χ1v) is 15.6. The summed E-state index contributed by atoms with van der Waals surface area (Å²) in [7, 11) is -4.37. The summed E-state index contributed by atoms with van der Waals surface area (Å²) >= 11 is 0. The lowest BCUT2D eigenvalue weighted by atomic mass is 9.84. The van der Waals surface area contributed by atoms with Crippen LogP contribution in [-0.2, 0) is 48.3 Å². The van der Waals surface area contributed by atoms with Gasteiger partial charge in [-0.15, -0.1) is 0 Å². The Bertz CT molecular complexity index is 1460. The van der Waals surface area contributed by atoms with Crippen molar-refractivity contribution in [2.45, 2.75) is 68.3 Å². The first-order chi connectivity index (χ1) is 20.8. The van der Waals surface area contributed by atoms with Crippen molar-refractivity contribution in [3.63, 3.8) is 0 Å². The topological polar surface area (TPSA) is 112 Å². The SMILES string of the molecule is Cc1ccc(S(=O)(=O)OC2[C@@H](O)[C@H](OCc3ccccc3)C(OCc3ccccc3)[C@H](OCc3ccccc3)[C@H]2O)cc1. The molecule has 0 heterocycles. The maximum Gasteiger partial charge on any atom is 0.297 e. The second-order valence-electron chi connectivity index (χ2n) is 10.6. The summed E-state index contributed by atoms with van der Waals surface area (Å²) < 4.78 is 51.0. The lowest BCUT2D eigenvalue weighted by Gasteiger charge is -2.46. The quantitative estimate of drug-likeness (QED) is 0.227. The fourth-order valence-corrected chi connectivity index (χ4v) is 6.15. The number of aliphatic hydroxyl groups excluding tert-OH is 2. The van der Waals surface area contributed by atoms with Crippen LogP contribution in [0.25, 0.3) is 0 Å². The normalized spacial score (nSPS) is 24.1. The van der Waals surface area contributed by atoms with Gasteiger partial charge in [0.1, 0.15) is 36.6 Å². The zero-order chi connectivity index (χ0) is 30.2. The Labute approximate surface area is 252 Å². The van der Waals surface area contributed by atoms with Gasteiger partial charge in [0.15, 0.2) is 0 Å². The van der Waals surface area contributed by atoms with E-state index in [4.69, 9.17) is 18.4 Å². The predicted octanol–water partition coefficient (Wildman–Crippen LogP) is 4.56. The molecule has 9 heteroatoms. The van der Waals surface area contributed by atoms with E-state index in [1.165, 1.54) is 12.1 Å². The summed E-state index contributed by atoms with van der Waals surface area (Å²) in [4.78, 5) is -0.0940. The molecule has 4 aromatic carbocycles. The lowest BCUT2D eigenvalue weighted by Crippen LogP contribution is -2.66. The highest BCUT2D eigenvalue weighted by atomic mass is 32.2. The Kier molecular flexibility index (Phi) is 10.4. The van der Waals surface area contributed by atoms with E-state index in [-0.39, 0.29) is 24.7 Å². The molecule has 6 atom stereocenters. The van der Waals surface area contributed by atoms with E-state index in [1.807, 2.05) is 97.9 Å². The molecule has 0 amide bonds. The van der Waals surface area contributed by atoms with E-state index in [0.717, 1.165) is 22.3 Å². The second-order valence-corrected chi connectivity index (χ2v) is 12.2. The molecule has 8 nitrogen and oxygen atoms in total. The van der Waals surface area contributed by atoms with Crippen LogP contribution in [0.3, 0.4) is 0 Å². The number of ether oxygens (including phenoxy) is 3. The van der Waals surface area contributed by atoms with Crippen LogP contribution in [0.4, 0.5) is 0 Å². The molecule has 43 heavy (non-hydrogen) atoms. The van der Waals surface area contributed by atoms with Gasteiger partial charge < -0.3 is 24.4 Å². The number of rotatable bonds is 12. The molecule has 2 unspecified atom stereocenters. The largest absolute Gasteiger partial charge is 0.387 e. The monoisotopic (exact) mass is 604 g/mol. The second kappa shape index (κ2) is 14.4.